The highest BCUT2D eigenvalue weighted by Crippen LogP contribution is 2.57. The lowest BCUT2D eigenvalue weighted by atomic mass is 9.52. The van der Waals surface area contributed by atoms with Crippen molar-refractivity contribution in [2.75, 3.05) is 27.2 Å². The average Bonchev–Trinajstić information content (AvgIpc) is 3.12. The van der Waals surface area contributed by atoms with E-state index in [2.05, 4.69) is 53.3 Å². The number of rotatable bonds is 3. The van der Waals surface area contributed by atoms with E-state index in [-0.39, 0.29) is 0 Å². The van der Waals surface area contributed by atoms with Crippen molar-refractivity contribution >= 4 is 10.9 Å². The van der Waals surface area contributed by atoms with E-state index in [4.69, 9.17) is 0 Å². The molecule has 1 unspecified atom stereocenters. The number of piperidine rings is 1. The molecule has 160 valence electrons. The van der Waals surface area contributed by atoms with Crippen molar-refractivity contribution in [1.82, 2.24) is 14.8 Å². The Morgan fingerprint density at radius 1 is 1.07 bits per heavy atom. The lowest BCUT2D eigenvalue weighted by molar-refractivity contribution is -0.0866. The molecule has 5 fully saturated rings. The van der Waals surface area contributed by atoms with Gasteiger partial charge in [-0.2, -0.15) is 0 Å². The van der Waals surface area contributed by atoms with E-state index in [1.54, 1.807) is 30.2 Å². The average molecular weight is 404 g/mol. The summed E-state index contributed by atoms with van der Waals surface area (Å²) in [6.45, 7) is 2.57. The van der Waals surface area contributed by atoms with Gasteiger partial charge in [-0.05, 0) is 106 Å². The summed E-state index contributed by atoms with van der Waals surface area (Å²) in [7, 11) is 4.89. The molecule has 4 saturated carbocycles. The molecule has 2 heterocycles. The van der Waals surface area contributed by atoms with Gasteiger partial charge in [0.05, 0.1) is 0 Å². The zero-order valence-corrected chi connectivity index (χ0v) is 18.7. The van der Waals surface area contributed by atoms with E-state index in [0.717, 1.165) is 23.7 Å². The lowest BCUT2D eigenvalue weighted by Crippen LogP contribution is -2.60. The van der Waals surface area contributed by atoms with E-state index in [0.29, 0.717) is 17.5 Å². The van der Waals surface area contributed by atoms with Crippen LogP contribution < -0.4 is 0 Å². The quantitative estimate of drug-likeness (QED) is 0.777. The van der Waals surface area contributed by atoms with Crippen molar-refractivity contribution < 1.29 is 0 Å². The monoisotopic (exact) mass is 403 g/mol. The van der Waals surface area contributed by atoms with Gasteiger partial charge >= 0.3 is 0 Å². The topological polar surface area (TPSA) is 22.3 Å². The number of likely N-dealkylation sites (N-methyl/N-ethyl adjacent to an activating group) is 1. The van der Waals surface area contributed by atoms with Crippen molar-refractivity contribution in [3.8, 4) is 0 Å². The molecule has 1 saturated heterocycles. The van der Waals surface area contributed by atoms with E-state index in [1.165, 1.54) is 56.3 Å². The van der Waals surface area contributed by atoms with Crippen LogP contribution in [0.3, 0.4) is 0 Å². The fourth-order valence-electron chi connectivity index (χ4n) is 9.30. The van der Waals surface area contributed by atoms with Crippen molar-refractivity contribution in [2.45, 2.75) is 68.9 Å². The summed E-state index contributed by atoms with van der Waals surface area (Å²) < 4.78 is 0. The summed E-state index contributed by atoms with van der Waals surface area (Å²) in [5.74, 6) is 4.62. The van der Waals surface area contributed by atoms with Gasteiger partial charge in [-0.25, -0.2) is 0 Å². The number of aromatic nitrogens is 1. The predicted molar refractivity (Wildman–Crippen MR) is 123 cm³/mol. The summed E-state index contributed by atoms with van der Waals surface area (Å²) in [6.07, 6.45) is 14.0. The number of fused-ring (bicyclic) bond motifs is 2. The molecule has 4 bridgehead atoms. The molecule has 0 spiro atoms. The highest BCUT2D eigenvalue weighted by Gasteiger charge is 2.53. The highest BCUT2D eigenvalue weighted by atomic mass is 15.2. The fourth-order valence-corrected chi connectivity index (χ4v) is 9.30. The molecule has 3 heteroatoms. The van der Waals surface area contributed by atoms with Gasteiger partial charge in [0.2, 0.25) is 0 Å². The van der Waals surface area contributed by atoms with Gasteiger partial charge in [-0.1, -0.05) is 12.1 Å². The fraction of sp³-hybridized carbons (Fsp3) is 0.704. The molecule has 8 rings (SSSR count). The van der Waals surface area contributed by atoms with Gasteiger partial charge in [0.1, 0.15) is 0 Å². The number of benzene rings is 1. The normalized spacial score (nSPS) is 42.2. The minimum atomic E-state index is 0.546. The number of likely N-dealkylation sites (tertiary alicyclic amines) is 1. The van der Waals surface area contributed by atoms with Gasteiger partial charge in [0.25, 0.3) is 0 Å². The van der Waals surface area contributed by atoms with Gasteiger partial charge in [-0.3, -0.25) is 0 Å². The minimum Gasteiger partial charge on any atom is -0.361 e. The van der Waals surface area contributed by atoms with Crippen LogP contribution in [0.25, 0.3) is 10.9 Å². The Labute approximate surface area is 181 Å². The maximum absolute atomic E-state index is 3.54. The highest BCUT2D eigenvalue weighted by molar-refractivity contribution is 5.88. The maximum Gasteiger partial charge on any atom is 0.0459 e. The van der Waals surface area contributed by atoms with Gasteiger partial charge < -0.3 is 14.8 Å². The predicted octanol–water partition coefficient (Wildman–Crippen LogP) is 5.03. The lowest BCUT2D eigenvalue weighted by Gasteiger charge is -2.60. The number of hydrogen-bond acceptors (Lipinski definition) is 2. The molecule has 0 amide bonds. The summed E-state index contributed by atoms with van der Waals surface area (Å²) in [5, 5.41) is 1.54. The molecule has 2 aromatic rings. The van der Waals surface area contributed by atoms with Crippen LogP contribution in [-0.4, -0.2) is 53.5 Å². The van der Waals surface area contributed by atoms with Crippen molar-refractivity contribution in [2.24, 2.45) is 23.7 Å². The first kappa shape index (κ1) is 18.3. The van der Waals surface area contributed by atoms with Crippen LogP contribution in [0.15, 0.2) is 24.4 Å². The van der Waals surface area contributed by atoms with Crippen LogP contribution in [0.4, 0.5) is 0 Å². The van der Waals surface area contributed by atoms with E-state index < -0.39 is 0 Å². The molecule has 1 N–H and O–H groups in total. The Hall–Kier alpha value is -1.32. The SMILES string of the molecule is CN1C[C@H](CN(C)C23CC4CC(CC(C4)C2)C3)CC2c3cccc4[nH]cc(c34)C[C@H]21. The van der Waals surface area contributed by atoms with Crippen LogP contribution in [-0.2, 0) is 6.42 Å². The third kappa shape index (κ3) is 2.57. The summed E-state index contributed by atoms with van der Waals surface area (Å²) >= 11 is 0. The second-order valence-electron chi connectivity index (χ2n) is 12.0. The van der Waals surface area contributed by atoms with Gasteiger partial charge in [-0.15, -0.1) is 0 Å². The van der Waals surface area contributed by atoms with Gasteiger partial charge in [0, 0.05) is 47.7 Å². The molecule has 3 atom stereocenters. The number of nitrogens with zero attached hydrogens (tertiary/aromatic N) is 2. The first-order chi connectivity index (χ1) is 14.6. The van der Waals surface area contributed by atoms with Crippen molar-refractivity contribution in [3.05, 3.63) is 35.5 Å². The molecule has 1 aromatic heterocycles. The second kappa shape index (κ2) is 6.36. The largest absolute Gasteiger partial charge is 0.361 e. The summed E-state index contributed by atoms with van der Waals surface area (Å²) in [4.78, 5) is 9.12. The molecule has 0 radical (unpaired) electrons. The molecule has 1 aromatic carbocycles. The van der Waals surface area contributed by atoms with Crippen LogP contribution in [0.5, 0.6) is 0 Å². The Kier molecular flexibility index (Phi) is 3.87. The molecule has 5 aliphatic carbocycles. The third-order valence-corrected chi connectivity index (χ3v) is 10.2. The maximum atomic E-state index is 3.54. The zero-order chi connectivity index (χ0) is 20.0. The smallest absolute Gasteiger partial charge is 0.0459 e. The standard InChI is InChI=1S/C27H37N3/c1-29-15-20(16-30(2)27-11-17-6-18(12-27)8-19(7-17)13-27)9-23-22-4-3-5-24-26(22)21(14-28-24)10-25(23)29/h3-5,14,17-20,23,25,28H,6-13,15-16H2,1-2H3/t17?,18?,19?,20-,23?,25-,27?/m1/s1. The third-order valence-electron chi connectivity index (χ3n) is 10.2. The van der Waals surface area contributed by atoms with Crippen LogP contribution in [0.1, 0.15) is 62.0 Å². The Balaban J connectivity index is 1.15. The van der Waals surface area contributed by atoms with Crippen LogP contribution in [0, 0.1) is 23.7 Å². The molecule has 1 aliphatic heterocycles. The minimum absolute atomic E-state index is 0.546. The first-order valence-corrected chi connectivity index (χ1v) is 12.6. The molecule has 3 nitrogen and oxygen atoms in total. The summed E-state index contributed by atoms with van der Waals surface area (Å²) in [5.41, 5.74) is 5.05. The second-order valence-corrected chi connectivity index (χ2v) is 12.0. The Morgan fingerprint density at radius 2 is 1.80 bits per heavy atom. The number of hydrogen-bond donors (Lipinski definition) is 1. The number of H-pyrrole nitrogens is 1. The Morgan fingerprint density at radius 3 is 2.53 bits per heavy atom. The molecular weight excluding hydrogens is 366 g/mol. The van der Waals surface area contributed by atoms with Crippen molar-refractivity contribution in [1.29, 1.82) is 0 Å². The summed E-state index contributed by atoms with van der Waals surface area (Å²) in [6, 6.07) is 7.63. The number of aromatic amines is 1. The van der Waals surface area contributed by atoms with Gasteiger partial charge in [0.15, 0.2) is 0 Å². The van der Waals surface area contributed by atoms with Crippen molar-refractivity contribution in [3.63, 3.8) is 0 Å². The number of nitrogens with one attached hydrogen (secondary N) is 1. The van der Waals surface area contributed by atoms with Crippen LogP contribution >= 0.6 is 0 Å². The van der Waals surface area contributed by atoms with E-state index in [1.807, 2.05) is 0 Å². The molecular formula is C27H37N3. The van der Waals surface area contributed by atoms with E-state index >= 15 is 0 Å². The zero-order valence-electron chi connectivity index (χ0n) is 18.7. The molecule has 6 aliphatic rings. The van der Waals surface area contributed by atoms with Crippen LogP contribution in [0.2, 0.25) is 0 Å². The molecule has 30 heavy (non-hydrogen) atoms. The van der Waals surface area contributed by atoms with E-state index in [9.17, 15) is 0 Å². The Bertz CT molecular complexity index is 938. The first-order valence-electron chi connectivity index (χ1n) is 12.6.